The predicted molar refractivity (Wildman–Crippen MR) is 74.7 cm³/mol. The second kappa shape index (κ2) is 5.75. The zero-order valence-electron chi connectivity index (χ0n) is 11.4. The minimum absolute atomic E-state index is 0.113. The molecule has 1 fully saturated rings. The third kappa shape index (κ3) is 2.98. The molecule has 0 aliphatic carbocycles. The van der Waals surface area contributed by atoms with Crippen molar-refractivity contribution in [1.29, 1.82) is 0 Å². The van der Waals surface area contributed by atoms with Gasteiger partial charge in [-0.3, -0.25) is 0 Å². The summed E-state index contributed by atoms with van der Waals surface area (Å²) in [6, 6.07) is 0. The first-order chi connectivity index (χ1) is 9.02. The van der Waals surface area contributed by atoms with E-state index in [9.17, 15) is 4.79 Å². The van der Waals surface area contributed by atoms with Gasteiger partial charge in [0.15, 0.2) is 5.82 Å². The van der Waals surface area contributed by atoms with Gasteiger partial charge >= 0.3 is 5.97 Å². The van der Waals surface area contributed by atoms with E-state index in [0.29, 0.717) is 12.2 Å². The number of rotatable bonds is 3. The molecule has 1 aromatic heterocycles. The summed E-state index contributed by atoms with van der Waals surface area (Å²) >= 11 is 1.24. The highest BCUT2D eigenvalue weighted by atomic mass is 32.1. The smallest absolute Gasteiger partial charge is 0.345 e. The maximum Gasteiger partial charge on any atom is 0.345 e. The topological polar surface area (TPSA) is 77.7 Å². The molecule has 0 saturated carbocycles. The zero-order valence-corrected chi connectivity index (χ0v) is 12.2. The molecule has 2 atom stereocenters. The van der Waals surface area contributed by atoms with Crippen LogP contribution in [0.3, 0.4) is 0 Å². The van der Waals surface area contributed by atoms with Crippen molar-refractivity contribution < 1.29 is 14.3 Å². The summed E-state index contributed by atoms with van der Waals surface area (Å²) in [6.45, 7) is 7.56. The first-order valence-corrected chi connectivity index (χ1v) is 7.13. The molecule has 0 spiro atoms. The van der Waals surface area contributed by atoms with Gasteiger partial charge in [-0.25, -0.2) is 4.79 Å². The first kappa shape index (κ1) is 14.1. The van der Waals surface area contributed by atoms with Gasteiger partial charge in [-0.2, -0.15) is 4.37 Å². The minimum Gasteiger partial charge on any atom is -0.462 e. The van der Waals surface area contributed by atoms with Crippen LogP contribution >= 0.6 is 11.5 Å². The number of nitrogens with zero attached hydrogens (tertiary/aromatic N) is 2. The number of ether oxygens (including phenoxy) is 2. The van der Waals surface area contributed by atoms with Crippen LogP contribution in [0.4, 0.5) is 10.8 Å². The van der Waals surface area contributed by atoms with E-state index in [-0.39, 0.29) is 18.0 Å². The molecule has 2 heterocycles. The maximum atomic E-state index is 12.0. The summed E-state index contributed by atoms with van der Waals surface area (Å²) in [4.78, 5) is 14.1. The van der Waals surface area contributed by atoms with Crippen LogP contribution in [0.2, 0.25) is 0 Å². The summed E-state index contributed by atoms with van der Waals surface area (Å²) in [5, 5.41) is 0.776. The minimum atomic E-state index is -0.407. The number of carbonyl (C=O) groups excluding carboxylic acids is 1. The Hall–Kier alpha value is -1.34. The molecule has 106 valence electrons. The van der Waals surface area contributed by atoms with Gasteiger partial charge in [0.2, 0.25) is 0 Å². The van der Waals surface area contributed by atoms with E-state index in [1.165, 1.54) is 11.5 Å². The van der Waals surface area contributed by atoms with Crippen LogP contribution < -0.4 is 10.6 Å². The van der Waals surface area contributed by atoms with E-state index in [0.717, 1.165) is 18.1 Å². The Kier molecular flexibility index (Phi) is 4.26. The van der Waals surface area contributed by atoms with Crippen molar-refractivity contribution in [3.05, 3.63) is 5.56 Å². The summed E-state index contributed by atoms with van der Waals surface area (Å²) in [5.74, 6) is -0.166. The SMILES string of the molecule is CCOC(=O)c1c(N)nsc1N1CC(C)OC(C)C1. The highest BCUT2D eigenvalue weighted by Gasteiger charge is 2.29. The van der Waals surface area contributed by atoms with Crippen LogP contribution in [0.25, 0.3) is 0 Å². The average Bonchev–Trinajstić information content (AvgIpc) is 2.70. The number of anilines is 2. The molecule has 2 rings (SSSR count). The van der Waals surface area contributed by atoms with E-state index in [1.807, 2.05) is 13.8 Å². The fourth-order valence-corrected chi connectivity index (χ4v) is 3.07. The number of hydrogen-bond acceptors (Lipinski definition) is 7. The number of nitrogen functional groups attached to an aromatic ring is 1. The lowest BCUT2D eigenvalue weighted by atomic mass is 10.2. The Morgan fingerprint density at radius 1 is 1.53 bits per heavy atom. The van der Waals surface area contributed by atoms with Crippen molar-refractivity contribution in [2.24, 2.45) is 0 Å². The molecule has 0 radical (unpaired) electrons. The fraction of sp³-hybridized carbons (Fsp3) is 0.667. The van der Waals surface area contributed by atoms with E-state index in [2.05, 4.69) is 9.27 Å². The van der Waals surface area contributed by atoms with Crippen LogP contribution in [-0.2, 0) is 9.47 Å². The second-order valence-electron chi connectivity index (χ2n) is 4.63. The van der Waals surface area contributed by atoms with E-state index in [4.69, 9.17) is 15.2 Å². The monoisotopic (exact) mass is 285 g/mol. The lowest BCUT2D eigenvalue weighted by Gasteiger charge is -2.36. The first-order valence-electron chi connectivity index (χ1n) is 6.35. The molecule has 1 saturated heterocycles. The quantitative estimate of drug-likeness (QED) is 0.848. The Balaban J connectivity index is 2.27. The second-order valence-corrected chi connectivity index (χ2v) is 5.38. The van der Waals surface area contributed by atoms with Crippen LogP contribution in [-0.4, -0.2) is 42.2 Å². The zero-order chi connectivity index (χ0) is 14.0. The van der Waals surface area contributed by atoms with Crippen molar-refractivity contribution in [2.75, 3.05) is 30.3 Å². The van der Waals surface area contributed by atoms with Gasteiger partial charge in [0.05, 0.1) is 18.8 Å². The van der Waals surface area contributed by atoms with Gasteiger partial charge in [0.1, 0.15) is 10.6 Å². The Morgan fingerprint density at radius 2 is 2.16 bits per heavy atom. The third-order valence-electron chi connectivity index (χ3n) is 2.89. The molecule has 0 amide bonds. The van der Waals surface area contributed by atoms with Gasteiger partial charge < -0.3 is 20.1 Å². The molecule has 19 heavy (non-hydrogen) atoms. The van der Waals surface area contributed by atoms with Crippen molar-refractivity contribution >= 4 is 28.3 Å². The average molecular weight is 285 g/mol. The molecule has 0 aromatic carbocycles. The summed E-state index contributed by atoms with van der Waals surface area (Å²) in [7, 11) is 0. The number of nitrogens with two attached hydrogens (primary N) is 1. The number of carbonyl (C=O) groups is 1. The fourth-order valence-electron chi connectivity index (χ4n) is 2.25. The molecular formula is C12H19N3O3S. The number of morpholine rings is 1. The van der Waals surface area contributed by atoms with Crippen molar-refractivity contribution in [3.8, 4) is 0 Å². The highest BCUT2D eigenvalue weighted by molar-refractivity contribution is 7.11. The van der Waals surface area contributed by atoms with Crippen LogP contribution in [0.5, 0.6) is 0 Å². The highest BCUT2D eigenvalue weighted by Crippen LogP contribution is 2.33. The largest absolute Gasteiger partial charge is 0.462 e. The normalized spacial score (nSPS) is 23.4. The molecule has 2 unspecified atom stereocenters. The molecule has 1 aliphatic rings. The molecule has 2 N–H and O–H groups in total. The van der Waals surface area contributed by atoms with Gasteiger partial charge in [-0.05, 0) is 32.3 Å². The number of hydrogen-bond donors (Lipinski definition) is 1. The molecule has 1 aliphatic heterocycles. The van der Waals surface area contributed by atoms with E-state index < -0.39 is 5.97 Å². The lowest BCUT2D eigenvalue weighted by Crippen LogP contribution is -2.45. The number of esters is 1. The molecular weight excluding hydrogens is 266 g/mol. The van der Waals surface area contributed by atoms with Crippen LogP contribution in [0, 0.1) is 0 Å². The summed E-state index contributed by atoms with van der Waals surface area (Å²) < 4.78 is 14.8. The standard InChI is InChI=1S/C12H19N3O3S/c1-4-17-12(16)9-10(13)14-19-11(9)15-5-7(2)18-8(3)6-15/h7-8H,4-6H2,1-3H3,(H2,13,14). The Bertz CT molecular complexity index is 453. The maximum absolute atomic E-state index is 12.0. The van der Waals surface area contributed by atoms with Gasteiger partial charge in [-0.15, -0.1) is 0 Å². The Labute approximate surface area is 116 Å². The Morgan fingerprint density at radius 3 is 2.74 bits per heavy atom. The van der Waals surface area contributed by atoms with E-state index in [1.54, 1.807) is 6.92 Å². The summed E-state index contributed by atoms with van der Waals surface area (Å²) in [6.07, 6.45) is 0.226. The molecule has 0 bridgehead atoms. The molecule has 7 heteroatoms. The molecule has 1 aromatic rings. The van der Waals surface area contributed by atoms with Crippen LogP contribution in [0.15, 0.2) is 0 Å². The predicted octanol–water partition coefficient (Wildman–Crippen LogP) is 1.52. The lowest BCUT2D eigenvalue weighted by molar-refractivity contribution is -0.00513. The van der Waals surface area contributed by atoms with Crippen molar-refractivity contribution in [3.63, 3.8) is 0 Å². The summed E-state index contributed by atoms with van der Waals surface area (Å²) in [5.41, 5.74) is 6.17. The van der Waals surface area contributed by atoms with Gasteiger partial charge in [0.25, 0.3) is 0 Å². The van der Waals surface area contributed by atoms with E-state index >= 15 is 0 Å². The third-order valence-corrected chi connectivity index (χ3v) is 3.81. The number of aromatic nitrogens is 1. The van der Waals surface area contributed by atoms with Gasteiger partial charge in [0, 0.05) is 13.1 Å². The van der Waals surface area contributed by atoms with Gasteiger partial charge in [-0.1, -0.05) is 0 Å². The van der Waals surface area contributed by atoms with Crippen LogP contribution in [0.1, 0.15) is 31.1 Å². The molecule has 6 nitrogen and oxygen atoms in total. The van der Waals surface area contributed by atoms with Crippen molar-refractivity contribution in [1.82, 2.24) is 4.37 Å². The van der Waals surface area contributed by atoms with Crippen molar-refractivity contribution in [2.45, 2.75) is 33.0 Å².